The van der Waals surface area contributed by atoms with Crippen molar-refractivity contribution in [2.75, 3.05) is 7.11 Å². The third-order valence-corrected chi connectivity index (χ3v) is 1.79. The zero-order chi connectivity index (χ0) is 12.2. The largest absolute Gasteiger partial charge is 0.573 e. The van der Waals surface area contributed by atoms with E-state index in [1.165, 1.54) is 13.2 Å². The molecule has 0 fully saturated rings. The van der Waals surface area contributed by atoms with Crippen LogP contribution in [0.25, 0.3) is 0 Å². The normalized spacial score (nSPS) is 11.0. The van der Waals surface area contributed by atoms with Crippen molar-refractivity contribution in [2.24, 2.45) is 0 Å². The number of hydrogen-bond donors (Lipinski definition) is 0. The number of halogens is 3. The minimum atomic E-state index is -4.74. The highest BCUT2D eigenvalue weighted by Gasteiger charge is 2.31. The molecule has 0 amide bonds. The van der Waals surface area contributed by atoms with Gasteiger partial charge in [0.15, 0.2) is 0 Å². The number of alkyl halides is 3. The monoisotopic (exact) mass is 234 g/mol. The Morgan fingerprint density at radius 1 is 1.38 bits per heavy atom. The van der Waals surface area contributed by atoms with Gasteiger partial charge >= 0.3 is 6.36 Å². The van der Waals surface area contributed by atoms with Crippen LogP contribution in [0.15, 0.2) is 18.2 Å². The third-order valence-electron chi connectivity index (χ3n) is 1.79. The number of rotatable bonds is 4. The minimum Gasteiger partial charge on any atom is -0.496 e. The molecule has 0 aliphatic rings. The number of hydrogen-bond acceptors (Lipinski definition) is 3. The first kappa shape index (κ1) is 12.4. The lowest BCUT2D eigenvalue weighted by atomic mass is 10.1. The maximum Gasteiger partial charge on any atom is 0.573 e. The van der Waals surface area contributed by atoms with Crippen molar-refractivity contribution in [2.45, 2.75) is 12.8 Å². The molecule has 0 bridgehead atoms. The Labute approximate surface area is 89.8 Å². The molecule has 6 heteroatoms. The van der Waals surface area contributed by atoms with Gasteiger partial charge in [-0.05, 0) is 18.2 Å². The summed E-state index contributed by atoms with van der Waals surface area (Å²) in [5.74, 6) is -0.0215. The van der Waals surface area contributed by atoms with E-state index in [0.29, 0.717) is 17.6 Å². The van der Waals surface area contributed by atoms with Gasteiger partial charge in [-0.25, -0.2) is 0 Å². The Balaban J connectivity index is 2.97. The van der Waals surface area contributed by atoms with Crippen LogP contribution in [0.5, 0.6) is 11.5 Å². The van der Waals surface area contributed by atoms with Gasteiger partial charge in [-0.15, -0.1) is 13.2 Å². The summed E-state index contributed by atoms with van der Waals surface area (Å²) in [5, 5.41) is 0. The lowest BCUT2D eigenvalue weighted by Crippen LogP contribution is -2.17. The summed E-state index contributed by atoms with van der Waals surface area (Å²) in [6, 6.07) is 3.57. The van der Waals surface area contributed by atoms with Gasteiger partial charge < -0.3 is 14.3 Å². The number of carbonyl (C=O) groups is 1. The maximum absolute atomic E-state index is 11.9. The predicted octanol–water partition coefficient (Wildman–Crippen LogP) is 2.34. The smallest absolute Gasteiger partial charge is 0.496 e. The van der Waals surface area contributed by atoms with Crippen molar-refractivity contribution in [3.8, 4) is 11.5 Å². The number of carbonyl (C=O) groups excluding carboxylic acids is 1. The molecular weight excluding hydrogens is 225 g/mol. The molecule has 1 aromatic carbocycles. The van der Waals surface area contributed by atoms with E-state index in [1.54, 1.807) is 0 Å². The molecule has 0 atom stereocenters. The molecule has 0 saturated heterocycles. The second-order valence-electron chi connectivity index (χ2n) is 2.89. The lowest BCUT2D eigenvalue weighted by Gasteiger charge is -2.11. The Morgan fingerprint density at radius 3 is 2.56 bits per heavy atom. The van der Waals surface area contributed by atoms with E-state index in [9.17, 15) is 18.0 Å². The summed E-state index contributed by atoms with van der Waals surface area (Å²) in [6.45, 7) is 0. The van der Waals surface area contributed by atoms with Gasteiger partial charge in [-0.1, -0.05) is 0 Å². The second-order valence-corrected chi connectivity index (χ2v) is 2.89. The van der Waals surface area contributed by atoms with Crippen LogP contribution in [-0.4, -0.2) is 19.8 Å². The van der Waals surface area contributed by atoms with E-state index >= 15 is 0 Å². The van der Waals surface area contributed by atoms with Crippen molar-refractivity contribution in [3.63, 3.8) is 0 Å². The van der Waals surface area contributed by atoms with Crippen LogP contribution < -0.4 is 9.47 Å². The first-order valence-electron chi connectivity index (χ1n) is 4.32. The number of benzene rings is 1. The van der Waals surface area contributed by atoms with E-state index in [0.717, 1.165) is 12.1 Å². The highest BCUT2D eigenvalue weighted by Crippen LogP contribution is 2.28. The fourth-order valence-electron chi connectivity index (χ4n) is 1.20. The zero-order valence-electron chi connectivity index (χ0n) is 8.38. The zero-order valence-corrected chi connectivity index (χ0v) is 8.38. The van der Waals surface area contributed by atoms with Gasteiger partial charge in [0.05, 0.1) is 7.11 Å². The molecule has 0 aliphatic heterocycles. The van der Waals surface area contributed by atoms with E-state index in [4.69, 9.17) is 4.74 Å². The standard InChI is InChI=1S/C10H9F3O3/c1-15-9-3-2-8(16-10(11,12)13)6-7(9)4-5-14/h2-3,5-6H,4H2,1H3. The van der Waals surface area contributed by atoms with Gasteiger partial charge in [0, 0.05) is 12.0 Å². The molecule has 88 valence electrons. The molecule has 0 heterocycles. The second kappa shape index (κ2) is 4.87. The van der Waals surface area contributed by atoms with Crippen molar-refractivity contribution >= 4 is 6.29 Å². The van der Waals surface area contributed by atoms with E-state index in [2.05, 4.69) is 4.74 Å². The van der Waals surface area contributed by atoms with Crippen LogP contribution in [0.4, 0.5) is 13.2 Å². The average Bonchev–Trinajstić information content (AvgIpc) is 2.16. The fraction of sp³-hybridized carbons (Fsp3) is 0.300. The molecule has 0 spiro atoms. The Kier molecular flexibility index (Phi) is 3.76. The Morgan fingerprint density at radius 2 is 2.06 bits per heavy atom. The first-order valence-corrected chi connectivity index (χ1v) is 4.32. The molecule has 1 aromatic rings. The quantitative estimate of drug-likeness (QED) is 0.750. The molecule has 1 rings (SSSR count). The van der Waals surface area contributed by atoms with Crippen molar-refractivity contribution in [3.05, 3.63) is 23.8 Å². The third kappa shape index (κ3) is 3.45. The molecule has 0 radical (unpaired) electrons. The van der Waals surface area contributed by atoms with Crippen LogP contribution in [0.2, 0.25) is 0 Å². The van der Waals surface area contributed by atoms with Crippen molar-refractivity contribution in [1.29, 1.82) is 0 Å². The van der Waals surface area contributed by atoms with Gasteiger partial charge in [0.2, 0.25) is 0 Å². The van der Waals surface area contributed by atoms with Gasteiger partial charge in [0.25, 0.3) is 0 Å². The summed E-state index contributed by atoms with van der Waals surface area (Å²) in [6.07, 6.45) is -4.19. The molecule has 0 aromatic heterocycles. The first-order chi connectivity index (χ1) is 7.46. The SMILES string of the molecule is COc1ccc(OC(F)(F)F)cc1CC=O. The maximum atomic E-state index is 11.9. The summed E-state index contributed by atoms with van der Waals surface area (Å²) in [7, 11) is 1.37. The molecule has 0 N–H and O–H groups in total. The van der Waals surface area contributed by atoms with E-state index < -0.39 is 6.36 Å². The lowest BCUT2D eigenvalue weighted by molar-refractivity contribution is -0.274. The minimum absolute atomic E-state index is 0.0295. The summed E-state index contributed by atoms with van der Waals surface area (Å²) in [4.78, 5) is 10.3. The number of aldehydes is 1. The summed E-state index contributed by atoms with van der Waals surface area (Å²) in [5.41, 5.74) is 0.347. The van der Waals surface area contributed by atoms with Crippen LogP contribution in [0.1, 0.15) is 5.56 Å². The fourth-order valence-corrected chi connectivity index (χ4v) is 1.20. The number of ether oxygens (including phenoxy) is 2. The molecule has 0 unspecified atom stereocenters. The predicted molar refractivity (Wildman–Crippen MR) is 49.4 cm³/mol. The highest BCUT2D eigenvalue weighted by molar-refractivity contribution is 5.58. The van der Waals surface area contributed by atoms with Gasteiger partial charge in [0.1, 0.15) is 17.8 Å². The van der Waals surface area contributed by atoms with E-state index in [-0.39, 0.29) is 12.2 Å². The highest BCUT2D eigenvalue weighted by atomic mass is 19.4. The Hall–Kier alpha value is -1.72. The molecule has 0 saturated carbocycles. The topological polar surface area (TPSA) is 35.5 Å². The molecule has 3 nitrogen and oxygen atoms in total. The van der Waals surface area contributed by atoms with Crippen LogP contribution in [0.3, 0.4) is 0 Å². The van der Waals surface area contributed by atoms with Gasteiger partial charge in [-0.2, -0.15) is 0 Å². The molecule has 0 aliphatic carbocycles. The summed E-state index contributed by atoms with van der Waals surface area (Å²) >= 11 is 0. The molecule has 16 heavy (non-hydrogen) atoms. The van der Waals surface area contributed by atoms with Crippen molar-refractivity contribution < 1.29 is 27.4 Å². The van der Waals surface area contributed by atoms with Crippen LogP contribution in [-0.2, 0) is 11.2 Å². The molecular formula is C10H9F3O3. The average molecular weight is 234 g/mol. The van der Waals surface area contributed by atoms with Crippen LogP contribution >= 0.6 is 0 Å². The van der Waals surface area contributed by atoms with Crippen molar-refractivity contribution in [1.82, 2.24) is 0 Å². The Bertz CT molecular complexity index is 374. The van der Waals surface area contributed by atoms with Gasteiger partial charge in [-0.3, -0.25) is 0 Å². The number of methoxy groups -OCH3 is 1. The van der Waals surface area contributed by atoms with Crippen LogP contribution in [0, 0.1) is 0 Å². The summed E-state index contributed by atoms with van der Waals surface area (Å²) < 4.78 is 44.4. The van der Waals surface area contributed by atoms with E-state index in [1.807, 2.05) is 0 Å².